The lowest BCUT2D eigenvalue weighted by Gasteiger charge is -2.30. The molecule has 0 saturated carbocycles. The van der Waals surface area contributed by atoms with E-state index in [4.69, 9.17) is 9.47 Å². The highest BCUT2D eigenvalue weighted by molar-refractivity contribution is 5.78. The first kappa shape index (κ1) is 13.0. The minimum absolute atomic E-state index is 0.269. The highest BCUT2D eigenvalue weighted by Crippen LogP contribution is 2.29. The summed E-state index contributed by atoms with van der Waals surface area (Å²) in [5.41, 5.74) is -1.03. The SMILES string of the molecule is C=CN1COC(C)(C)[C@@H]1C(=O)OC(C)(C)C. The van der Waals surface area contributed by atoms with Crippen molar-refractivity contribution >= 4 is 5.97 Å². The molecule has 4 nitrogen and oxygen atoms in total. The minimum Gasteiger partial charge on any atom is -0.458 e. The molecule has 92 valence electrons. The second-order valence-electron chi connectivity index (χ2n) is 5.51. The Hall–Kier alpha value is -1.03. The number of nitrogens with zero attached hydrogens (tertiary/aromatic N) is 1. The number of esters is 1. The Balaban J connectivity index is 2.83. The largest absolute Gasteiger partial charge is 0.458 e. The second-order valence-corrected chi connectivity index (χ2v) is 5.51. The van der Waals surface area contributed by atoms with Crippen LogP contribution in [0.25, 0.3) is 0 Å². The summed E-state index contributed by atoms with van der Waals surface area (Å²) >= 11 is 0. The number of rotatable bonds is 2. The van der Waals surface area contributed by atoms with Gasteiger partial charge in [-0.25, -0.2) is 4.79 Å². The van der Waals surface area contributed by atoms with Gasteiger partial charge in [-0.15, -0.1) is 0 Å². The van der Waals surface area contributed by atoms with Gasteiger partial charge in [-0.05, 0) is 40.8 Å². The van der Waals surface area contributed by atoms with Crippen molar-refractivity contribution in [3.8, 4) is 0 Å². The maximum absolute atomic E-state index is 12.1. The van der Waals surface area contributed by atoms with Crippen LogP contribution in [0.5, 0.6) is 0 Å². The zero-order valence-electron chi connectivity index (χ0n) is 10.7. The first-order chi connectivity index (χ1) is 7.17. The Bertz CT molecular complexity index is 291. The topological polar surface area (TPSA) is 38.8 Å². The number of carbonyl (C=O) groups excluding carboxylic acids is 1. The van der Waals surface area contributed by atoms with Gasteiger partial charge in [0.25, 0.3) is 0 Å². The van der Waals surface area contributed by atoms with Gasteiger partial charge in [-0.1, -0.05) is 6.58 Å². The summed E-state index contributed by atoms with van der Waals surface area (Å²) in [6.45, 7) is 13.4. The summed E-state index contributed by atoms with van der Waals surface area (Å²) in [6, 6.07) is -0.427. The molecule has 0 aliphatic carbocycles. The summed E-state index contributed by atoms with van der Waals surface area (Å²) in [6.07, 6.45) is 1.61. The molecule has 0 aromatic heterocycles. The van der Waals surface area contributed by atoms with E-state index in [1.165, 1.54) is 0 Å². The molecule has 0 unspecified atom stereocenters. The predicted molar refractivity (Wildman–Crippen MR) is 61.7 cm³/mol. The highest BCUT2D eigenvalue weighted by atomic mass is 16.6. The van der Waals surface area contributed by atoms with Crippen molar-refractivity contribution in [1.29, 1.82) is 0 Å². The molecule has 0 radical (unpaired) electrons. The van der Waals surface area contributed by atoms with Gasteiger partial charge >= 0.3 is 5.97 Å². The van der Waals surface area contributed by atoms with Crippen molar-refractivity contribution in [2.24, 2.45) is 0 Å². The molecular weight excluding hydrogens is 206 g/mol. The van der Waals surface area contributed by atoms with Gasteiger partial charge in [0.05, 0.1) is 5.60 Å². The lowest BCUT2D eigenvalue weighted by Crippen LogP contribution is -2.48. The fourth-order valence-electron chi connectivity index (χ4n) is 1.73. The van der Waals surface area contributed by atoms with E-state index >= 15 is 0 Å². The standard InChI is InChI=1S/C12H21NO3/c1-7-13-8-15-12(5,6)9(13)10(14)16-11(2,3)4/h7,9H,1,8H2,2-6H3/t9-/m0/s1. The summed E-state index contributed by atoms with van der Waals surface area (Å²) in [7, 11) is 0. The molecule has 1 atom stereocenters. The van der Waals surface area contributed by atoms with Crippen LogP contribution in [0.3, 0.4) is 0 Å². The molecule has 0 aromatic rings. The van der Waals surface area contributed by atoms with Gasteiger partial charge in [0.2, 0.25) is 0 Å². The number of hydrogen-bond donors (Lipinski definition) is 0. The molecular formula is C12H21NO3. The number of carbonyl (C=O) groups is 1. The monoisotopic (exact) mass is 227 g/mol. The fraction of sp³-hybridized carbons (Fsp3) is 0.750. The van der Waals surface area contributed by atoms with Crippen LogP contribution in [0.1, 0.15) is 34.6 Å². The first-order valence-corrected chi connectivity index (χ1v) is 5.42. The Labute approximate surface area is 97.2 Å². The third-order valence-electron chi connectivity index (χ3n) is 2.44. The lowest BCUT2D eigenvalue weighted by molar-refractivity contribution is -0.162. The predicted octanol–water partition coefficient (Wildman–Crippen LogP) is 1.91. The van der Waals surface area contributed by atoms with Crippen LogP contribution in [0, 0.1) is 0 Å². The van der Waals surface area contributed by atoms with E-state index < -0.39 is 17.2 Å². The Morgan fingerprint density at radius 2 is 2.12 bits per heavy atom. The van der Waals surface area contributed by atoms with E-state index in [2.05, 4.69) is 6.58 Å². The molecule has 0 bridgehead atoms. The molecule has 1 saturated heterocycles. The van der Waals surface area contributed by atoms with Crippen LogP contribution in [0.15, 0.2) is 12.8 Å². The van der Waals surface area contributed by atoms with E-state index in [9.17, 15) is 4.79 Å². The van der Waals surface area contributed by atoms with Crippen LogP contribution < -0.4 is 0 Å². The van der Waals surface area contributed by atoms with Gasteiger partial charge in [0.1, 0.15) is 12.3 Å². The maximum Gasteiger partial charge on any atom is 0.332 e. The van der Waals surface area contributed by atoms with E-state index in [0.717, 1.165) is 0 Å². The highest BCUT2D eigenvalue weighted by Gasteiger charge is 2.47. The number of hydrogen-bond acceptors (Lipinski definition) is 4. The van der Waals surface area contributed by atoms with Crippen LogP contribution in [0.2, 0.25) is 0 Å². The third-order valence-corrected chi connectivity index (χ3v) is 2.44. The van der Waals surface area contributed by atoms with E-state index in [-0.39, 0.29) is 5.97 Å². The van der Waals surface area contributed by atoms with Crippen LogP contribution in [-0.4, -0.2) is 34.8 Å². The average Bonchev–Trinajstić information content (AvgIpc) is 2.37. The van der Waals surface area contributed by atoms with Crippen molar-refractivity contribution in [3.05, 3.63) is 12.8 Å². The zero-order valence-corrected chi connectivity index (χ0v) is 10.7. The molecule has 1 rings (SSSR count). The van der Waals surface area contributed by atoms with Crippen molar-refractivity contribution < 1.29 is 14.3 Å². The molecule has 0 spiro atoms. The van der Waals surface area contributed by atoms with Crippen LogP contribution in [0.4, 0.5) is 0 Å². The normalized spacial score (nSPS) is 24.3. The molecule has 1 aliphatic rings. The molecule has 16 heavy (non-hydrogen) atoms. The van der Waals surface area contributed by atoms with E-state index in [0.29, 0.717) is 6.73 Å². The van der Waals surface area contributed by atoms with Gasteiger partial charge in [-0.3, -0.25) is 0 Å². The van der Waals surface area contributed by atoms with Gasteiger partial charge < -0.3 is 14.4 Å². The molecule has 1 fully saturated rings. The van der Waals surface area contributed by atoms with E-state index in [1.54, 1.807) is 11.1 Å². The van der Waals surface area contributed by atoms with Crippen LogP contribution >= 0.6 is 0 Å². The molecule has 1 heterocycles. The Kier molecular flexibility index (Phi) is 3.33. The third kappa shape index (κ3) is 2.76. The maximum atomic E-state index is 12.1. The molecule has 0 amide bonds. The smallest absolute Gasteiger partial charge is 0.332 e. The molecule has 0 N–H and O–H groups in total. The summed E-state index contributed by atoms with van der Waals surface area (Å²) in [5, 5.41) is 0. The van der Waals surface area contributed by atoms with Gasteiger partial charge in [0.15, 0.2) is 6.04 Å². The summed E-state index contributed by atoms with van der Waals surface area (Å²) in [4.78, 5) is 13.8. The summed E-state index contributed by atoms with van der Waals surface area (Å²) in [5.74, 6) is -0.269. The van der Waals surface area contributed by atoms with Crippen LogP contribution in [-0.2, 0) is 14.3 Å². The Morgan fingerprint density at radius 3 is 2.56 bits per heavy atom. The van der Waals surface area contributed by atoms with Crippen molar-refractivity contribution in [2.75, 3.05) is 6.73 Å². The van der Waals surface area contributed by atoms with E-state index in [1.807, 2.05) is 34.6 Å². The van der Waals surface area contributed by atoms with Crippen molar-refractivity contribution in [1.82, 2.24) is 4.90 Å². The minimum atomic E-state index is -0.545. The van der Waals surface area contributed by atoms with Gasteiger partial charge in [0, 0.05) is 0 Å². The second kappa shape index (κ2) is 4.09. The summed E-state index contributed by atoms with van der Waals surface area (Å²) < 4.78 is 10.9. The Morgan fingerprint density at radius 1 is 1.56 bits per heavy atom. The zero-order chi connectivity index (χ0) is 12.6. The average molecular weight is 227 g/mol. The van der Waals surface area contributed by atoms with Gasteiger partial charge in [-0.2, -0.15) is 0 Å². The quantitative estimate of drug-likeness (QED) is 0.675. The molecule has 0 aromatic carbocycles. The lowest BCUT2D eigenvalue weighted by atomic mass is 9.99. The fourth-order valence-corrected chi connectivity index (χ4v) is 1.73. The van der Waals surface area contributed by atoms with Crippen molar-refractivity contribution in [2.45, 2.75) is 51.9 Å². The molecule has 4 heteroatoms. The molecule has 1 aliphatic heterocycles. The first-order valence-electron chi connectivity index (χ1n) is 5.42. The van der Waals surface area contributed by atoms with Crippen molar-refractivity contribution in [3.63, 3.8) is 0 Å². The number of ether oxygens (including phenoxy) is 2.